The molecular weight excluding hydrogens is 730 g/mol. The SMILES string of the molecule is CCCCCCCCCC[P-](OCC)(OCC)(OCC)(OCC)OCC.CCCCCCCCCC[P-](OCC)(OCC)(OCC)(OCC)OCC.[NH4+].[NH4+]. The van der Waals surface area contributed by atoms with E-state index in [0.29, 0.717) is 78.4 Å². The van der Waals surface area contributed by atoms with Gasteiger partial charge in [0.1, 0.15) is 0 Å². The Kier molecular flexibility index (Phi) is 35.4. The maximum atomic E-state index is 6.27. The molecule has 8 N–H and O–H groups in total. The van der Waals surface area contributed by atoms with Crippen molar-refractivity contribution in [3.05, 3.63) is 0 Å². The third-order valence-corrected chi connectivity index (χ3v) is 20.3. The Labute approximate surface area is 335 Å². The molecule has 340 valence electrons. The summed E-state index contributed by atoms with van der Waals surface area (Å²) in [6.45, 7) is 28.1. The Morgan fingerprint density at radius 2 is 0.370 bits per heavy atom. The zero-order valence-corrected chi connectivity index (χ0v) is 40.6. The van der Waals surface area contributed by atoms with Crippen LogP contribution < -0.4 is 12.3 Å². The monoisotopic (exact) mass is 831 g/mol. The van der Waals surface area contributed by atoms with Crippen LogP contribution in [0.4, 0.5) is 0 Å². The Morgan fingerprint density at radius 3 is 0.519 bits per heavy atom. The second-order valence-electron chi connectivity index (χ2n) is 13.4. The summed E-state index contributed by atoms with van der Waals surface area (Å²) < 4.78 is 62.7. The van der Waals surface area contributed by atoms with E-state index in [4.69, 9.17) is 45.2 Å². The summed E-state index contributed by atoms with van der Waals surface area (Å²) in [7, 11) is -9.40. The van der Waals surface area contributed by atoms with Crippen LogP contribution in [-0.2, 0) is 45.2 Å². The zero-order valence-electron chi connectivity index (χ0n) is 38.8. The molecule has 0 bridgehead atoms. The summed E-state index contributed by atoms with van der Waals surface area (Å²) in [5, 5.41) is 0. The first-order valence-corrected chi connectivity index (χ1v) is 26.7. The average Bonchev–Trinajstić information content (AvgIpc) is 3.09. The minimum absolute atomic E-state index is 0. The van der Waals surface area contributed by atoms with Gasteiger partial charge in [0.2, 0.25) is 0 Å². The van der Waals surface area contributed by atoms with Gasteiger partial charge in [-0.15, -0.1) is 0 Å². The Balaban J connectivity index is -0.000000446. The summed E-state index contributed by atoms with van der Waals surface area (Å²) in [5.74, 6) is 0. The molecule has 0 aliphatic rings. The second-order valence-corrected chi connectivity index (χ2v) is 22.4. The third-order valence-electron chi connectivity index (χ3n) is 9.25. The molecule has 0 saturated carbocycles. The molecule has 0 amide bonds. The summed E-state index contributed by atoms with van der Waals surface area (Å²) in [4.78, 5) is 0. The van der Waals surface area contributed by atoms with Crippen molar-refractivity contribution >= 4 is 14.2 Å². The van der Waals surface area contributed by atoms with E-state index >= 15 is 0 Å². The number of hydrogen-bond acceptors (Lipinski definition) is 10. The van der Waals surface area contributed by atoms with Gasteiger partial charge >= 0.3 is 324 Å². The molecule has 0 spiro atoms. The molecule has 12 nitrogen and oxygen atoms in total. The zero-order chi connectivity index (χ0) is 39.7. The molecule has 0 aromatic heterocycles. The first kappa shape index (κ1) is 61.0. The molecule has 0 radical (unpaired) electrons. The molecule has 0 aromatic rings. The van der Waals surface area contributed by atoms with E-state index in [9.17, 15) is 0 Å². The van der Waals surface area contributed by atoms with Gasteiger partial charge in [-0.1, -0.05) is 0 Å². The molecule has 0 unspecified atom stereocenters. The van der Waals surface area contributed by atoms with Crippen molar-refractivity contribution in [1.82, 2.24) is 12.3 Å². The van der Waals surface area contributed by atoms with E-state index in [-0.39, 0.29) is 12.3 Å². The molecule has 0 atom stereocenters. The fraction of sp³-hybridized carbons (Fsp3) is 1.00. The number of rotatable bonds is 38. The summed E-state index contributed by atoms with van der Waals surface area (Å²) >= 11 is 0. The van der Waals surface area contributed by atoms with Crippen LogP contribution in [0.1, 0.15) is 186 Å². The van der Waals surface area contributed by atoms with Gasteiger partial charge in [-0.3, -0.25) is 0 Å². The van der Waals surface area contributed by atoms with Crippen molar-refractivity contribution in [2.75, 3.05) is 78.4 Å². The first-order valence-electron chi connectivity index (χ1n) is 21.8. The van der Waals surface area contributed by atoms with Gasteiger partial charge in [0.25, 0.3) is 0 Å². The van der Waals surface area contributed by atoms with Gasteiger partial charge in [0, 0.05) is 0 Å². The fourth-order valence-electron chi connectivity index (χ4n) is 7.55. The van der Waals surface area contributed by atoms with Gasteiger partial charge in [0.05, 0.1) is 0 Å². The van der Waals surface area contributed by atoms with E-state index in [1.807, 2.05) is 69.2 Å². The van der Waals surface area contributed by atoms with Crippen molar-refractivity contribution in [3.63, 3.8) is 0 Å². The van der Waals surface area contributed by atoms with Crippen LogP contribution in [0.2, 0.25) is 0 Å². The van der Waals surface area contributed by atoms with Gasteiger partial charge in [-0.05, 0) is 0 Å². The average molecular weight is 831 g/mol. The molecule has 0 aliphatic heterocycles. The Hall–Kier alpha value is 0.380. The summed E-state index contributed by atoms with van der Waals surface area (Å²) in [6, 6.07) is 0. The maximum Gasteiger partial charge on any atom is -0.369 e. The molecule has 14 heteroatoms. The topological polar surface area (TPSA) is 165 Å². The van der Waals surface area contributed by atoms with E-state index in [0.717, 1.165) is 25.7 Å². The Morgan fingerprint density at radius 1 is 0.222 bits per heavy atom. The van der Waals surface area contributed by atoms with E-state index in [1.54, 1.807) is 0 Å². The fourth-order valence-corrected chi connectivity index (χ4v) is 18.1. The molecular formula is C40H100N2O10P2. The van der Waals surface area contributed by atoms with Crippen molar-refractivity contribution in [2.45, 2.75) is 186 Å². The normalized spacial score (nSPS) is 14.4. The molecule has 0 aliphatic carbocycles. The van der Waals surface area contributed by atoms with Crippen LogP contribution in [0, 0.1) is 0 Å². The minimum Gasteiger partial charge on any atom is -0.369 e. The van der Waals surface area contributed by atoms with Crippen LogP contribution in [0.25, 0.3) is 0 Å². The van der Waals surface area contributed by atoms with Crippen LogP contribution in [0.15, 0.2) is 0 Å². The van der Waals surface area contributed by atoms with Gasteiger partial charge in [-0.25, -0.2) is 0 Å². The maximum absolute atomic E-state index is 6.27. The first-order chi connectivity index (χ1) is 24.9. The summed E-state index contributed by atoms with van der Waals surface area (Å²) in [6.07, 6.45) is 20.6. The number of hydrogen-bond donors (Lipinski definition) is 2. The van der Waals surface area contributed by atoms with Crippen LogP contribution in [0.3, 0.4) is 0 Å². The third kappa shape index (κ3) is 18.5. The van der Waals surface area contributed by atoms with Crippen molar-refractivity contribution in [2.24, 2.45) is 0 Å². The van der Waals surface area contributed by atoms with Crippen LogP contribution in [0.5, 0.6) is 0 Å². The molecule has 0 saturated heterocycles. The summed E-state index contributed by atoms with van der Waals surface area (Å²) in [5.41, 5.74) is 0. The van der Waals surface area contributed by atoms with Gasteiger partial charge in [0.15, 0.2) is 0 Å². The van der Waals surface area contributed by atoms with Crippen molar-refractivity contribution in [3.8, 4) is 0 Å². The molecule has 54 heavy (non-hydrogen) atoms. The number of unbranched alkanes of at least 4 members (excludes halogenated alkanes) is 14. The molecule has 0 rings (SSSR count). The van der Waals surface area contributed by atoms with Crippen molar-refractivity contribution < 1.29 is 45.2 Å². The molecule has 0 fully saturated rings. The Bertz CT molecular complexity index is 684. The predicted molar refractivity (Wildman–Crippen MR) is 237 cm³/mol. The number of quaternary nitrogens is 2. The quantitative estimate of drug-likeness (QED) is 0.0452. The second kappa shape index (κ2) is 31.3. The minimum atomic E-state index is -4.70. The predicted octanol–water partition coefficient (Wildman–Crippen LogP) is 14.7. The van der Waals surface area contributed by atoms with Gasteiger partial charge in [-0.2, -0.15) is 0 Å². The van der Waals surface area contributed by atoms with Crippen LogP contribution in [-0.4, -0.2) is 78.4 Å². The smallest absolute Gasteiger partial charge is 0.369 e. The van der Waals surface area contributed by atoms with E-state index < -0.39 is 14.2 Å². The van der Waals surface area contributed by atoms with E-state index in [2.05, 4.69) is 13.8 Å². The molecule has 0 aromatic carbocycles. The molecule has 0 heterocycles. The van der Waals surface area contributed by atoms with Crippen molar-refractivity contribution in [1.29, 1.82) is 0 Å². The van der Waals surface area contributed by atoms with Crippen LogP contribution >= 0.6 is 14.2 Å². The van der Waals surface area contributed by atoms with Gasteiger partial charge < -0.3 is 12.3 Å². The largest absolute Gasteiger partial charge is 0.369 e. The standard InChI is InChI=1S/2C20H46O5P.2H3N/c2*1-7-13-14-15-16-17-18-19-20-26(21-8-2,22-9-3,23-10-4,24-11-5)25-12-6;;/h2*7-20H2,1-6H3;2*1H3/q2*-1;;/p+2. The van der Waals surface area contributed by atoms with E-state index in [1.165, 1.54) is 77.0 Å².